The Balaban J connectivity index is 2.71. The Kier molecular flexibility index (Phi) is 3.98. The number of isocyanates is 1. The SMILES string of the molecule is COCC#CC1=C(N=C=O)CCC1. The normalized spacial score (nSPS) is 14.8. The first-order chi connectivity index (χ1) is 6.38. The maximum absolute atomic E-state index is 10.0. The molecule has 0 aromatic heterocycles. The third-order valence-corrected chi connectivity index (χ3v) is 1.83. The Hall–Kier alpha value is -1.36. The topological polar surface area (TPSA) is 38.7 Å². The van der Waals surface area contributed by atoms with E-state index in [1.54, 1.807) is 13.2 Å². The fourth-order valence-corrected chi connectivity index (χ4v) is 1.26. The van der Waals surface area contributed by atoms with Crippen LogP contribution in [0.1, 0.15) is 19.3 Å². The summed E-state index contributed by atoms with van der Waals surface area (Å²) < 4.78 is 4.79. The van der Waals surface area contributed by atoms with Gasteiger partial charge in [-0.2, -0.15) is 4.99 Å². The van der Waals surface area contributed by atoms with Gasteiger partial charge < -0.3 is 4.74 Å². The predicted octanol–water partition coefficient (Wildman–Crippen LogP) is 1.41. The van der Waals surface area contributed by atoms with Crippen molar-refractivity contribution in [3.63, 3.8) is 0 Å². The molecule has 3 nitrogen and oxygen atoms in total. The van der Waals surface area contributed by atoms with Crippen molar-refractivity contribution in [2.75, 3.05) is 13.7 Å². The van der Waals surface area contributed by atoms with E-state index in [0.717, 1.165) is 30.5 Å². The Morgan fingerprint density at radius 1 is 1.54 bits per heavy atom. The van der Waals surface area contributed by atoms with Crippen LogP contribution in [0.25, 0.3) is 0 Å². The predicted molar refractivity (Wildman–Crippen MR) is 48.7 cm³/mol. The van der Waals surface area contributed by atoms with Crippen molar-refractivity contribution in [3.8, 4) is 11.8 Å². The molecule has 0 heterocycles. The van der Waals surface area contributed by atoms with Crippen LogP contribution in [0, 0.1) is 11.8 Å². The summed E-state index contributed by atoms with van der Waals surface area (Å²) in [6.07, 6.45) is 4.33. The molecule has 0 unspecified atom stereocenters. The second-order valence-corrected chi connectivity index (χ2v) is 2.72. The number of allylic oxidation sites excluding steroid dienone is 2. The van der Waals surface area contributed by atoms with Crippen LogP contribution in [-0.2, 0) is 9.53 Å². The first-order valence-corrected chi connectivity index (χ1v) is 4.16. The molecule has 1 aliphatic rings. The number of carbonyl (C=O) groups excluding carboxylic acids is 1. The zero-order valence-electron chi connectivity index (χ0n) is 7.59. The first kappa shape index (κ1) is 9.73. The zero-order valence-corrected chi connectivity index (χ0v) is 7.59. The lowest BCUT2D eigenvalue weighted by Crippen LogP contribution is -1.82. The summed E-state index contributed by atoms with van der Waals surface area (Å²) in [5, 5.41) is 0. The van der Waals surface area contributed by atoms with Gasteiger partial charge in [-0.25, -0.2) is 4.79 Å². The van der Waals surface area contributed by atoms with Crippen molar-refractivity contribution in [3.05, 3.63) is 11.3 Å². The van der Waals surface area contributed by atoms with Gasteiger partial charge in [0.15, 0.2) is 0 Å². The average Bonchev–Trinajstić information content (AvgIpc) is 2.54. The molecule has 0 aromatic rings. The summed E-state index contributed by atoms with van der Waals surface area (Å²) in [5.41, 5.74) is 1.75. The Morgan fingerprint density at radius 2 is 2.38 bits per heavy atom. The van der Waals surface area contributed by atoms with Gasteiger partial charge in [-0.3, -0.25) is 0 Å². The molecule has 0 amide bonds. The largest absolute Gasteiger partial charge is 0.372 e. The molecule has 0 saturated heterocycles. The molecular weight excluding hydrogens is 166 g/mol. The molecule has 68 valence electrons. The summed E-state index contributed by atoms with van der Waals surface area (Å²) in [6.45, 7) is 0.418. The first-order valence-electron chi connectivity index (χ1n) is 4.16. The molecule has 0 spiro atoms. The van der Waals surface area contributed by atoms with Gasteiger partial charge in [-0.1, -0.05) is 11.8 Å². The van der Waals surface area contributed by atoms with Crippen molar-refractivity contribution < 1.29 is 9.53 Å². The van der Waals surface area contributed by atoms with Gasteiger partial charge in [-0.15, -0.1) is 0 Å². The second kappa shape index (κ2) is 5.31. The molecule has 0 aliphatic heterocycles. The smallest absolute Gasteiger partial charge is 0.240 e. The number of ether oxygens (including phenoxy) is 1. The maximum Gasteiger partial charge on any atom is 0.240 e. The summed E-state index contributed by atoms with van der Waals surface area (Å²) in [6, 6.07) is 0. The van der Waals surface area contributed by atoms with Crippen LogP contribution >= 0.6 is 0 Å². The van der Waals surface area contributed by atoms with Gasteiger partial charge in [0, 0.05) is 12.7 Å². The van der Waals surface area contributed by atoms with E-state index in [9.17, 15) is 4.79 Å². The molecule has 1 rings (SSSR count). The van der Waals surface area contributed by atoms with Crippen molar-refractivity contribution in [2.24, 2.45) is 4.99 Å². The Labute approximate surface area is 77.5 Å². The standard InChI is InChI=1S/C10H11NO2/c1-13-7-3-5-9-4-2-6-10(9)11-8-12/h2,4,6-7H2,1H3. The third-order valence-electron chi connectivity index (χ3n) is 1.83. The average molecular weight is 177 g/mol. The fraction of sp³-hybridized carbons (Fsp3) is 0.500. The van der Waals surface area contributed by atoms with E-state index in [2.05, 4.69) is 16.8 Å². The summed E-state index contributed by atoms with van der Waals surface area (Å²) in [5.74, 6) is 5.79. The van der Waals surface area contributed by atoms with Crippen molar-refractivity contribution in [1.29, 1.82) is 0 Å². The number of aliphatic imine (C=N–C) groups is 1. The lowest BCUT2D eigenvalue weighted by atomic mass is 10.2. The van der Waals surface area contributed by atoms with Crippen LogP contribution in [0.3, 0.4) is 0 Å². The van der Waals surface area contributed by atoms with Gasteiger partial charge in [0.05, 0.1) is 5.70 Å². The van der Waals surface area contributed by atoms with E-state index in [-0.39, 0.29) is 0 Å². The molecule has 1 aliphatic carbocycles. The van der Waals surface area contributed by atoms with E-state index in [0.29, 0.717) is 6.61 Å². The van der Waals surface area contributed by atoms with Gasteiger partial charge >= 0.3 is 0 Å². The highest BCUT2D eigenvalue weighted by Crippen LogP contribution is 2.25. The molecule has 0 fully saturated rings. The summed E-state index contributed by atoms with van der Waals surface area (Å²) in [4.78, 5) is 13.7. The number of rotatable bonds is 2. The minimum atomic E-state index is 0.418. The fourth-order valence-electron chi connectivity index (χ4n) is 1.26. The monoisotopic (exact) mass is 177 g/mol. The lowest BCUT2D eigenvalue weighted by Gasteiger charge is -1.89. The van der Waals surface area contributed by atoms with Crippen LogP contribution in [0.15, 0.2) is 16.3 Å². The van der Waals surface area contributed by atoms with Crippen LogP contribution in [0.4, 0.5) is 0 Å². The summed E-state index contributed by atoms with van der Waals surface area (Å²) >= 11 is 0. The Morgan fingerprint density at radius 3 is 3.08 bits per heavy atom. The van der Waals surface area contributed by atoms with E-state index < -0.39 is 0 Å². The zero-order chi connectivity index (χ0) is 9.52. The van der Waals surface area contributed by atoms with Crippen LogP contribution in [0.5, 0.6) is 0 Å². The molecule has 0 aromatic carbocycles. The van der Waals surface area contributed by atoms with Crippen molar-refractivity contribution >= 4 is 6.08 Å². The van der Waals surface area contributed by atoms with E-state index in [4.69, 9.17) is 4.74 Å². The highest BCUT2D eigenvalue weighted by atomic mass is 16.5. The number of hydrogen-bond acceptors (Lipinski definition) is 3. The molecule has 3 heteroatoms. The summed E-state index contributed by atoms with van der Waals surface area (Å²) in [7, 11) is 1.60. The lowest BCUT2D eigenvalue weighted by molar-refractivity contribution is 0.240. The van der Waals surface area contributed by atoms with E-state index in [1.807, 2.05) is 0 Å². The molecule has 0 bridgehead atoms. The van der Waals surface area contributed by atoms with Crippen LogP contribution < -0.4 is 0 Å². The molecule has 0 N–H and O–H groups in total. The number of methoxy groups -OCH3 is 1. The number of nitrogens with zero attached hydrogens (tertiary/aromatic N) is 1. The second-order valence-electron chi connectivity index (χ2n) is 2.72. The quantitative estimate of drug-likeness (QED) is 0.363. The molecule has 0 atom stereocenters. The molecule has 13 heavy (non-hydrogen) atoms. The molecule has 0 saturated carbocycles. The van der Waals surface area contributed by atoms with Crippen LogP contribution in [-0.4, -0.2) is 19.8 Å². The van der Waals surface area contributed by atoms with Gasteiger partial charge in [0.2, 0.25) is 6.08 Å². The van der Waals surface area contributed by atoms with Gasteiger partial charge in [-0.05, 0) is 19.3 Å². The Bertz CT molecular complexity index is 314. The van der Waals surface area contributed by atoms with E-state index in [1.165, 1.54) is 0 Å². The van der Waals surface area contributed by atoms with Gasteiger partial charge in [0.1, 0.15) is 6.61 Å². The van der Waals surface area contributed by atoms with Crippen molar-refractivity contribution in [2.45, 2.75) is 19.3 Å². The highest BCUT2D eigenvalue weighted by Gasteiger charge is 2.11. The van der Waals surface area contributed by atoms with Gasteiger partial charge in [0.25, 0.3) is 0 Å². The minimum Gasteiger partial charge on any atom is -0.372 e. The number of hydrogen-bond donors (Lipinski definition) is 0. The molecule has 0 radical (unpaired) electrons. The minimum absolute atomic E-state index is 0.418. The highest BCUT2D eigenvalue weighted by molar-refractivity contribution is 5.43. The van der Waals surface area contributed by atoms with E-state index >= 15 is 0 Å². The molecular formula is C10H11NO2. The maximum atomic E-state index is 10.0. The van der Waals surface area contributed by atoms with Crippen LogP contribution in [0.2, 0.25) is 0 Å². The third kappa shape index (κ3) is 2.87. The van der Waals surface area contributed by atoms with Crippen molar-refractivity contribution in [1.82, 2.24) is 0 Å².